The molecule has 1 amide bonds. The topological polar surface area (TPSA) is 44.1 Å². The van der Waals surface area contributed by atoms with Gasteiger partial charge in [0.1, 0.15) is 0 Å². The number of aryl methyl sites for hydroxylation is 1. The molecule has 4 heteroatoms. The van der Waals surface area contributed by atoms with Gasteiger partial charge in [0.05, 0.1) is 11.6 Å². The number of rotatable bonds is 2. The number of hydrogen-bond donors (Lipinski definition) is 0. The van der Waals surface area contributed by atoms with Crippen LogP contribution in [0.4, 0.5) is 5.69 Å². The Bertz CT molecular complexity index is 666. The summed E-state index contributed by atoms with van der Waals surface area (Å²) in [5, 5.41) is 8.78. The normalized spacial score (nSPS) is 9.90. The third kappa shape index (κ3) is 3.06. The minimum atomic E-state index is -0.0842. The fourth-order valence-corrected chi connectivity index (χ4v) is 2.54. The molecule has 0 saturated heterocycles. The molecule has 20 heavy (non-hydrogen) atoms. The second kappa shape index (κ2) is 5.89. The maximum absolute atomic E-state index is 12.4. The second-order valence-electron chi connectivity index (χ2n) is 4.54. The average molecular weight is 329 g/mol. The first kappa shape index (κ1) is 14.3. The molecule has 0 atom stereocenters. The van der Waals surface area contributed by atoms with Crippen LogP contribution in [0, 0.1) is 18.3 Å². The first-order valence-corrected chi connectivity index (χ1v) is 6.86. The van der Waals surface area contributed by atoms with E-state index in [9.17, 15) is 4.79 Å². The first-order valence-electron chi connectivity index (χ1n) is 6.06. The minimum absolute atomic E-state index is 0.0842. The van der Waals surface area contributed by atoms with Gasteiger partial charge in [0.25, 0.3) is 5.91 Å². The monoisotopic (exact) mass is 328 g/mol. The van der Waals surface area contributed by atoms with Gasteiger partial charge < -0.3 is 4.90 Å². The second-order valence-corrected chi connectivity index (χ2v) is 5.46. The minimum Gasteiger partial charge on any atom is -0.311 e. The Kier molecular flexibility index (Phi) is 4.21. The van der Waals surface area contributed by atoms with Crippen LogP contribution in [0.2, 0.25) is 0 Å². The fourth-order valence-electron chi connectivity index (χ4n) is 1.93. The summed E-state index contributed by atoms with van der Waals surface area (Å²) in [5.41, 5.74) is 2.99. The highest BCUT2D eigenvalue weighted by atomic mass is 79.9. The van der Waals surface area contributed by atoms with E-state index in [1.54, 1.807) is 42.3 Å². The zero-order chi connectivity index (χ0) is 14.7. The van der Waals surface area contributed by atoms with E-state index >= 15 is 0 Å². The number of anilines is 1. The van der Waals surface area contributed by atoms with Crippen molar-refractivity contribution in [1.29, 1.82) is 5.26 Å². The lowest BCUT2D eigenvalue weighted by molar-refractivity contribution is 0.0993. The van der Waals surface area contributed by atoms with Crippen molar-refractivity contribution in [2.45, 2.75) is 6.92 Å². The van der Waals surface area contributed by atoms with Crippen LogP contribution in [0.25, 0.3) is 0 Å². The Labute approximate surface area is 126 Å². The van der Waals surface area contributed by atoms with Crippen LogP contribution in [-0.2, 0) is 0 Å². The van der Waals surface area contributed by atoms with E-state index < -0.39 is 0 Å². The number of amides is 1. The number of benzene rings is 2. The van der Waals surface area contributed by atoms with Gasteiger partial charge in [-0.25, -0.2) is 0 Å². The van der Waals surface area contributed by atoms with E-state index in [0.717, 1.165) is 15.7 Å². The molecule has 0 aliphatic carbocycles. The van der Waals surface area contributed by atoms with Crippen molar-refractivity contribution in [3.05, 3.63) is 63.6 Å². The van der Waals surface area contributed by atoms with Gasteiger partial charge in [-0.1, -0.05) is 15.9 Å². The number of halogens is 1. The van der Waals surface area contributed by atoms with Crippen LogP contribution in [0.3, 0.4) is 0 Å². The molecule has 0 heterocycles. The van der Waals surface area contributed by atoms with Gasteiger partial charge in [0.15, 0.2) is 0 Å². The summed E-state index contributed by atoms with van der Waals surface area (Å²) >= 11 is 3.40. The third-order valence-corrected chi connectivity index (χ3v) is 3.44. The molecule has 3 nitrogen and oxygen atoms in total. The predicted octanol–water partition coefficient (Wildman–Crippen LogP) is 3.91. The van der Waals surface area contributed by atoms with Gasteiger partial charge in [-0.2, -0.15) is 5.26 Å². The number of nitriles is 1. The van der Waals surface area contributed by atoms with Crippen molar-refractivity contribution in [3.8, 4) is 6.07 Å². The molecule has 0 aliphatic heterocycles. The highest BCUT2D eigenvalue weighted by Gasteiger charge is 2.14. The van der Waals surface area contributed by atoms with Gasteiger partial charge in [-0.05, 0) is 55.0 Å². The molecule has 0 aliphatic rings. The maximum atomic E-state index is 12.4. The molecular weight excluding hydrogens is 316 g/mol. The molecule has 2 aromatic carbocycles. The Morgan fingerprint density at radius 3 is 2.40 bits per heavy atom. The molecule has 100 valence electrons. The zero-order valence-corrected chi connectivity index (χ0v) is 12.8. The summed E-state index contributed by atoms with van der Waals surface area (Å²) in [7, 11) is 1.72. The van der Waals surface area contributed by atoms with Crippen LogP contribution < -0.4 is 4.90 Å². The fraction of sp³-hybridized carbons (Fsp3) is 0.125. The first-order chi connectivity index (χ1) is 9.51. The number of carbonyl (C=O) groups is 1. The summed E-state index contributed by atoms with van der Waals surface area (Å²) in [6.07, 6.45) is 0. The van der Waals surface area contributed by atoms with Crippen LogP contribution in [0.1, 0.15) is 21.5 Å². The average Bonchev–Trinajstić information content (AvgIpc) is 2.45. The predicted molar refractivity (Wildman–Crippen MR) is 82.8 cm³/mol. The summed E-state index contributed by atoms with van der Waals surface area (Å²) < 4.78 is 0.883. The number of hydrogen-bond acceptors (Lipinski definition) is 2. The highest BCUT2D eigenvalue weighted by Crippen LogP contribution is 2.20. The smallest absolute Gasteiger partial charge is 0.258 e. The van der Waals surface area contributed by atoms with Crippen molar-refractivity contribution >= 4 is 27.5 Å². The molecule has 0 radical (unpaired) electrons. The van der Waals surface area contributed by atoms with E-state index in [1.165, 1.54) is 0 Å². The van der Waals surface area contributed by atoms with Gasteiger partial charge >= 0.3 is 0 Å². The summed E-state index contributed by atoms with van der Waals surface area (Å²) in [4.78, 5) is 14.0. The van der Waals surface area contributed by atoms with E-state index in [4.69, 9.17) is 5.26 Å². The lowest BCUT2D eigenvalue weighted by Gasteiger charge is -2.18. The third-order valence-electron chi connectivity index (χ3n) is 2.98. The maximum Gasteiger partial charge on any atom is 0.258 e. The Balaban J connectivity index is 2.29. The largest absolute Gasteiger partial charge is 0.311 e. The van der Waals surface area contributed by atoms with Crippen LogP contribution >= 0.6 is 15.9 Å². The molecule has 2 rings (SSSR count). The van der Waals surface area contributed by atoms with Gasteiger partial charge in [0, 0.05) is 22.8 Å². The molecule has 0 spiro atoms. The SMILES string of the molecule is Cc1cc(Br)cc(C(=O)N(C)c2ccc(C#N)cc2)c1. The summed E-state index contributed by atoms with van der Waals surface area (Å²) in [6, 6.07) is 14.6. The van der Waals surface area contributed by atoms with Crippen LogP contribution in [0.5, 0.6) is 0 Å². The van der Waals surface area contributed by atoms with Crippen molar-refractivity contribution in [2.24, 2.45) is 0 Å². The molecular formula is C16H13BrN2O. The van der Waals surface area contributed by atoms with Crippen LogP contribution in [-0.4, -0.2) is 13.0 Å². The van der Waals surface area contributed by atoms with Crippen molar-refractivity contribution in [2.75, 3.05) is 11.9 Å². The quantitative estimate of drug-likeness (QED) is 0.838. The zero-order valence-electron chi connectivity index (χ0n) is 11.2. The summed E-state index contributed by atoms with van der Waals surface area (Å²) in [5.74, 6) is -0.0842. The van der Waals surface area contributed by atoms with Gasteiger partial charge in [-0.15, -0.1) is 0 Å². The molecule has 0 aromatic heterocycles. The highest BCUT2D eigenvalue weighted by molar-refractivity contribution is 9.10. The Hall–Kier alpha value is -2.12. The van der Waals surface area contributed by atoms with Crippen molar-refractivity contribution < 1.29 is 4.79 Å². The van der Waals surface area contributed by atoms with E-state index in [1.807, 2.05) is 19.1 Å². The standard InChI is InChI=1S/C16H13BrN2O/c1-11-7-13(9-14(17)8-11)16(20)19(2)15-5-3-12(10-18)4-6-15/h3-9H,1-2H3. The lowest BCUT2D eigenvalue weighted by atomic mass is 10.1. The number of carbonyl (C=O) groups excluding carboxylic acids is 1. The summed E-state index contributed by atoms with van der Waals surface area (Å²) in [6.45, 7) is 1.95. The number of nitrogens with zero attached hydrogens (tertiary/aromatic N) is 2. The molecule has 2 aromatic rings. The Morgan fingerprint density at radius 2 is 1.85 bits per heavy atom. The molecule has 0 saturated carbocycles. The van der Waals surface area contributed by atoms with E-state index in [-0.39, 0.29) is 5.91 Å². The van der Waals surface area contributed by atoms with E-state index in [2.05, 4.69) is 22.0 Å². The molecule has 0 unspecified atom stereocenters. The molecule has 0 N–H and O–H groups in total. The van der Waals surface area contributed by atoms with Crippen molar-refractivity contribution in [3.63, 3.8) is 0 Å². The van der Waals surface area contributed by atoms with Gasteiger partial charge in [-0.3, -0.25) is 4.79 Å². The van der Waals surface area contributed by atoms with Gasteiger partial charge in [0.2, 0.25) is 0 Å². The van der Waals surface area contributed by atoms with Crippen LogP contribution in [0.15, 0.2) is 46.9 Å². The molecule has 0 fully saturated rings. The molecule has 0 bridgehead atoms. The Morgan fingerprint density at radius 1 is 1.20 bits per heavy atom. The van der Waals surface area contributed by atoms with Crippen molar-refractivity contribution in [1.82, 2.24) is 0 Å². The van der Waals surface area contributed by atoms with E-state index in [0.29, 0.717) is 11.1 Å². The lowest BCUT2D eigenvalue weighted by Crippen LogP contribution is -2.26.